The normalized spacial score (nSPS) is 11.2. The average Bonchev–Trinajstić information content (AvgIpc) is 2.42. The summed E-state index contributed by atoms with van der Waals surface area (Å²) in [5, 5.41) is 7.66. The lowest BCUT2D eigenvalue weighted by Gasteiger charge is -2.14. The van der Waals surface area contributed by atoms with Gasteiger partial charge in [-0.2, -0.15) is 13.2 Å². The molecule has 21 heavy (non-hydrogen) atoms. The molecule has 0 radical (unpaired) electrons. The van der Waals surface area contributed by atoms with Gasteiger partial charge in [-0.15, -0.1) is 0 Å². The first-order valence-corrected chi connectivity index (χ1v) is 6.36. The zero-order chi connectivity index (χ0) is 15.7. The molecule has 2 amide bonds. The molecular formula is C13H18F3N3O2. The summed E-state index contributed by atoms with van der Waals surface area (Å²) in [6.07, 6.45) is -4.51. The van der Waals surface area contributed by atoms with E-state index in [1.165, 1.54) is 18.2 Å². The number of benzene rings is 1. The van der Waals surface area contributed by atoms with E-state index in [0.29, 0.717) is 26.2 Å². The molecule has 118 valence electrons. The molecule has 0 bridgehead atoms. The number of rotatable bonds is 7. The molecule has 1 aromatic rings. The first-order chi connectivity index (χ1) is 9.95. The van der Waals surface area contributed by atoms with Crippen molar-refractivity contribution in [2.75, 3.05) is 38.7 Å². The molecule has 0 aromatic heterocycles. The van der Waals surface area contributed by atoms with E-state index >= 15 is 0 Å². The molecule has 0 aliphatic carbocycles. The van der Waals surface area contributed by atoms with E-state index in [1.54, 1.807) is 7.11 Å². The van der Waals surface area contributed by atoms with E-state index in [-0.39, 0.29) is 5.69 Å². The molecule has 0 fully saturated rings. The van der Waals surface area contributed by atoms with Crippen LogP contribution in [0.3, 0.4) is 0 Å². The Hall–Kier alpha value is -1.80. The average molecular weight is 305 g/mol. The van der Waals surface area contributed by atoms with E-state index in [9.17, 15) is 18.0 Å². The second kappa shape index (κ2) is 8.48. The zero-order valence-electron chi connectivity index (χ0n) is 11.6. The number of amides is 2. The Balaban J connectivity index is 2.42. The molecule has 0 saturated heterocycles. The molecule has 0 aliphatic rings. The van der Waals surface area contributed by atoms with Crippen molar-refractivity contribution in [1.29, 1.82) is 0 Å². The van der Waals surface area contributed by atoms with E-state index < -0.39 is 17.8 Å². The van der Waals surface area contributed by atoms with Gasteiger partial charge in [0.05, 0.1) is 17.9 Å². The molecule has 8 heteroatoms. The van der Waals surface area contributed by atoms with Gasteiger partial charge in [-0.3, -0.25) is 0 Å². The van der Waals surface area contributed by atoms with Crippen LogP contribution in [-0.4, -0.2) is 39.4 Å². The van der Waals surface area contributed by atoms with Gasteiger partial charge in [0.15, 0.2) is 0 Å². The van der Waals surface area contributed by atoms with Crippen molar-refractivity contribution >= 4 is 11.7 Å². The molecule has 0 unspecified atom stereocenters. The fourth-order valence-corrected chi connectivity index (χ4v) is 1.57. The fraction of sp³-hybridized carbons (Fsp3) is 0.462. The molecule has 1 rings (SSSR count). The Morgan fingerprint density at radius 1 is 1.19 bits per heavy atom. The van der Waals surface area contributed by atoms with Crippen LogP contribution in [0.25, 0.3) is 0 Å². The number of carbonyl (C=O) groups is 1. The van der Waals surface area contributed by atoms with Gasteiger partial charge in [0.1, 0.15) is 0 Å². The maximum atomic E-state index is 12.7. The number of para-hydroxylation sites is 1. The van der Waals surface area contributed by atoms with Crippen LogP contribution in [0.1, 0.15) is 5.56 Å². The highest BCUT2D eigenvalue weighted by Crippen LogP contribution is 2.34. The van der Waals surface area contributed by atoms with E-state index in [2.05, 4.69) is 16.0 Å². The van der Waals surface area contributed by atoms with E-state index in [4.69, 9.17) is 4.74 Å². The number of hydrogen-bond donors (Lipinski definition) is 3. The lowest BCUT2D eigenvalue weighted by atomic mass is 10.1. The van der Waals surface area contributed by atoms with Crippen LogP contribution in [0, 0.1) is 0 Å². The van der Waals surface area contributed by atoms with Crippen molar-refractivity contribution in [1.82, 2.24) is 10.6 Å². The summed E-state index contributed by atoms with van der Waals surface area (Å²) in [6, 6.07) is 4.14. The Labute approximate surface area is 120 Å². The van der Waals surface area contributed by atoms with Crippen molar-refractivity contribution in [3.63, 3.8) is 0 Å². The molecule has 0 saturated carbocycles. The Kier molecular flexibility index (Phi) is 6.97. The minimum Gasteiger partial charge on any atom is -0.383 e. The number of carbonyl (C=O) groups excluding carboxylic acids is 1. The van der Waals surface area contributed by atoms with Gasteiger partial charge in [-0.25, -0.2) is 4.79 Å². The maximum Gasteiger partial charge on any atom is 0.418 e. The predicted octanol–water partition coefficient (Wildman–Crippen LogP) is 2.06. The second-order valence-electron chi connectivity index (χ2n) is 4.17. The number of alkyl halides is 3. The first-order valence-electron chi connectivity index (χ1n) is 6.36. The third kappa shape index (κ3) is 6.46. The van der Waals surface area contributed by atoms with Crippen molar-refractivity contribution in [3.05, 3.63) is 29.8 Å². The number of hydrogen-bond acceptors (Lipinski definition) is 3. The standard InChI is InChI=1S/C13H18F3N3O2/c1-21-9-8-17-6-7-18-12(20)19-11-5-3-2-4-10(11)13(14,15)16/h2-5,17H,6-9H2,1H3,(H2,18,19,20). The molecule has 0 heterocycles. The quantitative estimate of drug-likeness (QED) is 0.676. The monoisotopic (exact) mass is 305 g/mol. The summed E-state index contributed by atoms with van der Waals surface area (Å²) in [7, 11) is 1.57. The Morgan fingerprint density at radius 3 is 2.57 bits per heavy atom. The summed E-state index contributed by atoms with van der Waals surface area (Å²) in [6.45, 7) is 1.98. The molecule has 0 spiro atoms. The highest BCUT2D eigenvalue weighted by Gasteiger charge is 2.33. The SMILES string of the molecule is COCCNCCNC(=O)Nc1ccccc1C(F)(F)F. The van der Waals surface area contributed by atoms with Crippen molar-refractivity contribution in [2.24, 2.45) is 0 Å². The van der Waals surface area contributed by atoms with Crippen molar-refractivity contribution in [3.8, 4) is 0 Å². The molecule has 0 atom stereocenters. The van der Waals surface area contributed by atoms with Gasteiger partial charge < -0.3 is 20.7 Å². The summed E-state index contributed by atoms with van der Waals surface area (Å²) in [5.74, 6) is 0. The van der Waals surface area contributed by atoms with Crippen molar-refractivity contribution in [2.45, 2.75) is 6.18 Å². The molecule has 3 N–H and O–H groups in total. The first kappa shape index (κ1) is 17.3. The summed E-state index contributed by atoms with van der Waals surface area (Å²) in [5.41, 5.74) is -1.15. The van der Waals surface area contributed by atoms with Crippen LogP contribution in [0.15, 0.2) is 24.3 Å². The highest BCUT2D eigenvalue weighted by molar-refractivity contribution is 5.90. The zero-order valence-corrected chi connectivity index (χ0v) is 11.6. The van der Waals surface area contributed by atoms with Crippen LogP contribution in [0.2, 0.25) is 0 Å². The molecule has 0 aliphatic heterocycles. The third-order valence-electron chi connectivity index (χ3n) is 2.55. The van der Waals surface area contributed by atoms with Crippen LogP contribution in [0.5, 0.6) is 0 Å². The van der Waals surface area contributed by atoms with E-state index in [1.807, 2.05) is 0 Å². The minimum atomic E-state index is -4.51. The number of halogens is 3. The number of nitrogens with one attached hydrogen (secondary N) is 3. The van der Waals surface area contributed by atoms with Gasteiger partial charge in [-0.05, 0) is 12.1 Å². The van der Waals surface area contributed by atoms with Gasteiger partial charge in [0.2, 0.25) is 0 Å². The smallest absolute Gasteiger partial charge is 0.383 e. The van der Waals surface area contributed by atoms with Gasteiger partial charge in [0, 0.05) is 26.7 Å². The second-order valence-corrected chi connectivity index (χ2v) is 4.17. The number of anilines is 1. The number of urea groups is 1. The van der Waals surface area contributed by atoms with Crippen LogP contribution in [-0.2, 0) is 10.9 Å². The summed E-state index contributed by atoms with van der Waals surface area (Å²) in [4.78, 5) is 11.5. The predicted molar refractivity (Wildman–Crippen MR) is 73.2 cm³/mol. The van der Waals surface area contributed by atoms with Crippen LogP contribution < -0.4 is 16.0 Å². The van der Waals surface area contributed by atoms with Gasteiger partial charge in [0.25, 0.3) is 0 Å². The molecular weight excluding hydrogens is 287 g/mol. The summed E-state index contributed by atoms with van der Waals surface area (Å²) >= 11 is 0. The van der Waals surface area contributed by atoms with Gasteiger partial charge in [-0.1, -0.05) is 12.1 Å². The van der Waals surface area contributed by atoms with Crippen molar-refractivity contribution < 1.29 is 22.7 Å². The topological polar surface area (TPSA) is 62.4 Å². The largest absolute Gasteiger partial charge is 0.418 e. The maximum absolute atomic E-state index is 12.7. The van der Waals surface area contributed by atoms with Crippen LogP contribution >= 0.6 is 0 Å². The fourth-order valence-electron chi connectivity index (χ4n) is 1.57. The minimum absolute atomic E-state index is 0.269. The molecule has 5 nitrogen and oxygen atoms in total. The lowest BCUT2D eigenvalue weighted by molar-refractivity contribution is -0.136. The summed E-state index contributed by atoms with van der Waals surface area (Å²) < 4.78 is 43.0. The third-order valence-corrected chi connectivity index (χ3v) is 2.55. The number of ether oxygens (including phenoxy) is 1. The lowest BCUT2D eigenvalue weighted by Crippen LogP contribution is -2.36. The van der Waals surface area contributed by atoms with E-state index in [0.717, 1.165) is 6.07 Å². The van der Waals surface area contributed by atoms with Crippen LogP contribution in [0.4, 0.5) is 23.7 Å². The van der Waals surface area contributed by atoms with Gasteiger partial charge >= 0.3 is 12.2 Å². The highest BCUT2D eigenvalue weighted by atomic mass is 19.4. The molecule has 1 aromatic carbocycles. The Morgan fingerprint density at radius 2 is 1.90 bits per heavy atom. The Bertz CT molecular complexity index is 453. The number of methoxy groups -OCH3 is 1.